The van der Waals surface area contributed by atoms with E-state index in [1.54, 1.807) is 23.0 Å². The molecule has 182 valence electrons. The number of hydrogen-bond acceptors (Lipinski definition) is 6. The predicted molar refractivity (Wildman–Crippen MR) is 133 cm³/mol. The number of nitrogens with zero attached hydrogens (tertiary/aromatic N) is 4. The minimum atomic E-state index is -0.427. The van der Waals surface area contributed by atoms with Gasteiger partial charge >= 0.3 is 0 Å². The highest BCUT2D eigenvalue weighted by Gasteiger charge is 2.19. The van der Waals surface area contributed by atoms with Crippen LogP contribution >= 0.6 is 0 Å². The molecule has 0 aliphatic carbocycles. The lowest BCUT2D eigenvalue weighted by Crippen LogP contribution is -2.28. The van der Waals surface area contributed by atoms with E-state index in [-0.39, 0.29) is 17.7 Å². The van der Waals surface area contributed by atoms with Crippen LogP contribution in [0.4, 0.5) is 4.39 Å². The van der Waals surface area contributed by atoms with Crippen molar-refractivity contribution in [1.29, 1.82) is 0 Å². The zero-order valence-electron chi connectivity index (χ0n) is 20.4. The van der Waals surface area contributed by atoms with Gasteiger partial charge in [0.1, 0.15) is 17.7 Å². The third-order valence-corrected chi connectivity index (χ3v) is 6.37. The number of imidazole rings is 1. The Morgan fingerprint density at radius 3 is 2.54 bits per heavy atom. The van der Waals surface area contributed by atoms with Crippen LogP contribution in [0.1, 0.15) is 56.8 Å². The summed E-state index contributed by atoms with van der Waals surface area (Å²) in [5.41, 5.74) is 4.01. The van der Waals surface area contributed by atoms with Crippen molar-refractivity contribution in [2.45, 2.75) is 51.7 Å². The smallest absolute Gasteiger partial charge is 0.232 e. The second-order valence-electron chi connectivity index (χ2n) is 8.69. The molecule has 0 radical (unpaired) electrons. The summed E-state index contributed by atoms with van der Waals surface area (Å²) < 4.78 is 21.2. The topological polar surface area (TPSA) is 81.4 Å². The van der Waals surface area contributed by atoms with E-state index in [0.717, 1.165) is 29.4 Å². The summed E-state index contributed by atoms with van der Waals surface area (Å²) in [4.78, 5) is 21.0. The van der Waals surface area contributed by atoms with E-state index in [1.165, 1.54) is 6.07 Å². The second-order valence-corrected chi connectivity index (χ2v) is 8.69. The van der Waals surface area contributed by atoms with Gasteiger partial charge in [-0.3, -0.25) is 9.78 Å². The Bertz CT molecular complexity index is 1300. The number of ether oxygens (including phenoxy) is 1. The van der Waals surface area contributed by atoms with E-state index in [0.29, 0.717) is 23.5 Å². The molecule has 1 N–H and O–H groups in total. The molecule has 4 rings (SSSR count). The fourth-order valence-electron chi connectivity index (χ4n) is 4.01. The van der Waals surface area contributed by atoms with Crippen LogP contribution in [0.3, 0.4) is 0 Å². The van der Waals surface area contributed by atoms with Gasteiger partial charge in [0.05, 0.1) is 18.1 Å². The summed E-state index contributed by atoms with van der Waals surface area (Å²) in [6, 6.07) is 13.1. The summed E-state index contributed by atoms with van der Waals surface area (Å²) in [6.07, 6.45) is 5.49. The van der Waals surface area contributed by atoms with Crippen molar-refractivity contribution in [2.75, 3.05) is 7.05 Å². The Morgan fingerprint density at radius 1 is 1.09 bits per heavy atom. The van der Waals surface area contributed by atoms with E-state index in [2.05, 4.69) is 27.3 Å². The van der Waals surface area contributed by atoms with E-state index >= 15 is 0 Å². The van der Waals surface area contributed by atoms with Crippen LogP contribution in [0.15, 0.2) is 61.1 Å². The number of nitrogens with one attached hydrogen (secondary N) is 1. The third-order valence-electron chi connectivity index (χ3n) is 6.37. The molecule has 0 bridgehead atoms. The Morgan fingerprint density at radius 2 is 1.86 bits per heavy atom. The first-order valence-corrected chi connectivity index (χ1v) is 11.8. The number of carbonyl (C=O) groups excluding carboxylic acids is 1. The summed E-state index contributed by atoms with van der Waals surface area (Å²) in [5, 5.41) is 7.79. The number of pyridine rings is 1. The van der Waals surface area contributed by atoms with E-state index in [4.69, 9.17) is 4.74 Å². The molecule has 35 heavy (non-hydrogen) atoms. The number of Topliss-reactive ketones (excluding diaryl/α,β-unsaturated/α-hetero) is 1. The van der Waals surface area contributed by atoms with Gasteiger partial charge in [-0.05, 0) is 38.1 Å². The first-order valence-electron chi connectivity index (χ1n) is 11.8. The van der Waals surface area contributed by atoms with Gasteiger partial charge in [0.2, 0.25) is 5.88 Å². The number of aromatic nitrogens is 4. The molecule has 1 aromatic carbocycles. The van der Waals surface area contributed by atoms with Crippen molar-refractivity contribution in [2.24, 2.45) is 0 Å². The molecule has 0 saturated heterocycles. The molecule has 0 aliphatic rings. The maximum Gasteiger partial charge on any atom is 0.232 e. The highest BCUT2D eigenvalue weighted by atomic mass is 19.1. The lowest BCUT2D eigenvalue weighted by molar-refractivity contribution is -0.120. The van der Waals surface area contributed by atoms with Crippen molar-refractivity contribution in [3.05, 3.63) is 78.0 Å². The van der Waals surface area contributed by atoms with Gasteiger partial charge < -0.3 is 10.1 Å². The van der Waals surface area contributed by atoms with Gasteiger partial charge in [-0.25, -0.2) is 13.9 Å². The van der Waals surface area contributed by atoms with Gasteiger partial charge in [0.25, 0.3) is 0 Å². The second kappa shape index (κ2) is 10.7. The van der Waals surface area contributed by atoms with Gasteiger partial charge in [-0.15, -0.1) is 5.10 Å². The monoisotopic (exact) mass is 475 g/mol. The maximum atomic E-state index is 13.5. The first kappa shape index (κ1) is 24.5. The van der Waals surface area contributed by atoms with Crippen molar-refractivity contribution in [3.63, 3.8) is 0 Å². The van der Waals surface area contributed by atoms with Crippen LogP contribution in [-0.2, 0) is 4.79 Å². The van der Waals surface area contributed by atoms with Crippen LogP contribution < -0.4 is 10.1 Å². The van der Waals surface area contributed by atoms with Crippen LogP contribution in [-0.4, -0.2) is 38.5 Å². The Balaban J connectivity index is 1.53. The van der Waals surface area contributed by atoms with Gasteiger partial charge in [0, 0.05) is 41.8 Å². The standard InChI is InChI=1S/C27H30FN5O2/c1-5-23(29-4)13-25(34)17(2)19-6-8-20(9-7-19)24-16-31-26-10-11-27(32-33(24)26)35-18(3)21-12-22(28)15-30-14-21/h6-12,14-18,23,29H,5,13H2,1-4H3/t17?,18?,23-/m1/s1. The molecule has 8 heteroatoms. The molecule has 0 spiro atoms. The number of rotatable bonds is 10. The summed E-state index contributed by atoms with van der Waals surface area (Å²) in [6.45, 7) is 5.85. The fourth-order valence-corrected chi connectivity index (χ4v) is 4.01. The molecule has 0 saturated carbocycles. The summed E-state index contributed by atoms with van der Waals surface area (Å²) in [5.74, 6) is 0.0229. The largest absolute Gasteiger partial charge is 0.469 e. The number of ketones is 1. The number of halogens is 1. The minimum absolute atomic E-state index is 0.175. The van der Waals surface area contributed by atoms with Crippen molar-refractivity contribution in [3.8, 4) is 17.1 Å². The quantitative estimate of drug-likeness (QED) is 0.342. The Hall–Kier alpha value is -3.65. The van der Waals surface area contributed by atoms with Gasteiger partial charge in [-0.2, -0.15) is 0 Å². The van der Waals surface area contributed by atoms with Crippen LogP contribution in [0.2, 0.25) is 0 Å². The molecule has 0 fully saturated rings. The molecule has 3 atom stereocenters. The van der Waals surface area contributed by atoms with Crippen LogP contribution in [0.5, 0.6) is 5.88 Å². The Labute approximate surface area is 204 Å². The minimum Gasteiger partial charge on any atom is -0.469 e. The molecule has 2 unspecified atom stereocenters. The number of benzene rings is 1. The third kappa shape index (κ3) is 5.54. The maximum absolute atomic E-state index is 13.5. The summed E-state index contributed by atoms with van der Waals surface area (Å²) >= 11 is 0. The highest BCUT2D eigenvalue weighted by Crippen LogP contribution is 2.26. The summed E-state index contributed by atoms with van der Waals surface area (Å²) in [7, 11) is 1.89. The van der Waals surface area contributed by atoms with Gasteiger partial charge in [-0.1, -0.05) is 38.1 Å². The van der Waals surface area contributed by atoms with Gasteiger partial charge in [0.15, 0.2) is 5.65 Å². The normalized spacial score (nSPS) is 14.0. The van der Waals surface area contributed by atoms with Crippen molar-refractivity contribution in [1.82, 2.24) is 24.9 Å². The first-order chi connectivity index (χ1) is 16.9. The molecule has 3 heterocycles. The zero-order valence-corrected chi connectivity index (χ0v) is 20.4. The average molecular weight is 476 g/mol. The van der Waals surface area contributed by atoms with E-state index in [9.17, 15) is 9.18 Å². The number of carbonyl (C=O) groups is 1. The van der Waals surface area contributed by atoms with Crippen molar-refractivity contribution >= 4 is 11.4 Å². The molecule has 0 amide bonds. The lowest BCUT2D eigenvalue weighted by Gasteiger charge is -2.17. The molecule has 3 aromatic heterocycles. The Kier molecular flexibility index (Phi) is 7.51. The SMILES string of the molecule is CC[C@H](CC(=O)C(C)c1ccc(-c2cnc3ccc(OC(C)c4cncc(F)c4)nn23)cc1)NC. The van der Waals surface area contributed by atoms with Crippen LogP contribution in [0, 0.1) is 5.82 Å². The molecular weight excluding hydrogens is 445 g/mol. The zero-order chi connectivity index (χ0) is 24.9. The van der Waals surface area contributed by atoms with Crippen LogP contribution in [0.25, 0.3) is 16.9 Å². The number of fused-ring (bicyclic) bond motifs is 1. The molecule has 0 aliphatic heterocycles. The molecular formula is C27H30FN5O2. The fraction of sp³-hybridized carbons (Fsp3) is 0.333. The highest BCUT2D eigenvalue weighted by molar-refractivity contribution is 5.86. The number of hydrogen-bond donors (Lipinski definition) is 1. The van der Waals surface area contributed by atoms with Crippen molar-refractivity contribution < 1.29 is 13.9 Å². The molecule has 4 aromatic rings. The lowest BCUT2D eigenvalue weighted by atomic mass is 9.91. The van der Waals surface area contributed by atoms with E-state index in [1.807, 2.05) is 51.2 Å². The predicted octanol–water partition coefficient (Wildman–Crippen LogP) is 5.13. The van der Waals surface area contributed by atoms with E-state index < -0.39 is 11.9 Å². The average Bonchev–Trinajstić information content (AvgIpc) is 3.30. The molecule has 7 nitrogen and oxygen atoms in total.